The first-order valence-electron chi connectivity index (χ1n) is 10.0. The maximum atomic E-state index is 13.4. The summed E-state index contributed by atoms with van der Waals surface area (Å²) in [4.78, 5) is 14.9. The Morgan fingerprint density at radius 1 is 1.10 bits per heavy atom. The minimum Gasteiger partial charge on any atom is -0.296 e. The number of hydrogen-bond acceptors (Lipinski definition) is 5. The fraction of sp³-hybridized carbons (Fsp3) is 0.524. The molecule has 3 atom stereocenters. The average Bonchev–Trinajstić information content (AvgIpc) is 3.15. The predicted molar refractivity (Wildman–Crippen MR) is 106 cm³/mol. The fourth-order valence-corrected chi connectivity index (χ4v) is 4.38. The van der Waals surface area contributed by atoms with Crippen molar-refractivity contribution in [1.29, 1.82) is 0 Å². The molecule has 2 unspecified atom stereocenters. The summed E-state index contributed by atoms with van der Waals surface area (Å²) in [7, 11) is 0. The molecule has 3 aromatic heterocycles. The molecule has 0 radical (unpaired) electrons. The molecule has 29 heavy (non-hydrogen) atoms. The van der Waals surface area contributed by atoms with Crippen LogP contribution in [0.15, 0.2) is 24.5 Å². The Kier molecular flexibility index (Phi) is 5.29. The molecule has 4 heterocycles. The zero-order valence-electron chi connectivity index (χ0n) is 17.2. The van der Waals surface area contributed by atoms with Gasteiger partial charge >= 0.3 is 0 Å². The van der Waals surface area contributed by atoms with Crippen molar-refractivity contribution in [3.8, 4) is 0 Å². The van der Waals surface area contributed by atoms with Crippen molar-refractivity contribution in [2.45, 2.75) is 52.5 Å². The lowest BCUT2D eigenvalue weighted by Crippen LogP contribution is -2.40. The second kappa shape index (κ2) is 7.74. The molecule has 1 aliphatic rings. The van der Waals surface area contributed by atoms with Crippen LogP contribution in [-0.2, 0) is 0 Å². The summed E-state index contributed by atoms with van der Waals surface area (Å²) in [5, 5.41) is 4.25. The molecule has 0 spiro atoms. The SMILES string of the molecule is Cc1cc(C(C)N2CC[C@@H](C)C(c3cc(C(F)F)nc4ncnn34)C2)cc(C)n1. The van der Waals surface area contributed by atoms with Crippen molar-refractivity contribution in [3.05, 3.63) is 52.9 Å². The van der Waals surface area contributed by atoms with Gasteiger partial charge in [-0.15, -0.1) is 0 Å². The molecule has 4 rings (SSSR count). The summed E-state index contributed by atoms with van der Waals surface area (Å²) in [6.45, 7) is 10.1. The number of piperidine rings is 1. The first-order chi connectivity index (χ1) is 13.8. The van der Waals surface area contributed by atoms with E-state index in [0.29, 0.717) is 5.92 Å². The average molecular weight is 400 g/mol. The number of hydrogen-bond donors (Lipinski definition) is 0. The molecule has 8 heteroatoms. The van der Waals surface area contributed by atoms with Gasteiger partial charge in [0.15, 0.2) is 0 Å². The van der Waals surface area contributed by atoms with Gasteiger partial charge in [-0.3, -0.25) is 9.88 Å². The molecule has 3 aromatic rings. The van der Waals surface area contributed by atoms with Crippen LogP contribution in [-0.4, -0.2) is 42.6 Å². The molecule has 1 saturated heterocycles. The standard InChI is InChI=1S/C21H26F2N6/c1-12-5-6-28(15(4)16-7-13(2)26-14(3)8-16)10-17(12)19-9-18(20(22)23)27-21-24-11-25-29(19)21/h7-9,11-12,15,17,20H,5-6,10H2,1-4H3/t12-,15?,17?/m1/s1. The van der Waals surface area contributed by atoms with Crippen LogP contribution < -0.4 is 0 Å². The molecule has 1 aliphatic heterocycles. The van der Waals surface area contributed by atoms with Crippen LogP contribution in [0.3, 0.4) is 0 Å². The Morgan fingerprint density at radius 3 is 2.52 bits per heavy atom. The highest BCUT2D eigenvalue weighted by Gasteiger charge is 2.33. The van der Waals surface area contributed by atoms with Crippen molar-refractivity contribution in [1.82, 2.24) is 29.5 Å². The molecular formula is C21H26F2N6. The Balaban J connectivity index is 1.68. The Hall–Kier alpha value is -2.48. The molecule has 0 bridgehead atoms. The quantitative estimate of drug-likeness (QED) is 0.655. The maximum absolute atomic E-state index is 13.4. The van der Waals surface area contributed by atoms with E-state index in [1.807, 2.05) is 13.8 Å². The molecule has 154 valence electrons. The zero-order chi connectivity index (χ0) is 20.7. The third-order valence-electron chi connectivity index (χ3n) is 6.03. The number of nitrogens with zero attached hydrogens (tertiary/aromatic N) is 6. The van der Waals surface area contributed by atoms with E-state index in [9.17, 15) is 8.78 Å². The van der Waals surface area contributed by atoms with Crippen LogP contribution in [0.5, 0.6) is 0 Å². The van der Waals surface area contributed by atoms with Gasteiger partial charge in [0.25, 0.3) is 12.2 Å². The first kappa shape index (κ1) is 19.8. The van der Waals surface area contributed by atoms with E-state index in [1.54, 1.807) is 4.52 Å². The first-order valence-corrected chi connectivity index (χ1v) is 10.0. The van der Waals surface area contributed by atoms with Crippen molar-refractivity contribution >= 4 is 5.78 Å². The maximum Gasteiger partial charge on any atom is 0.280 e. The summed E-state index contributed by atoms with van der Waals surface area (Å²) in [6.07, 6.45) is -0.273. The van der Waals surface area contributed by atoms with Crippen molar-refractivity contribution < 1.29 is 8.78 Å². The van der Waals surface area contributed by atoms with Gasteiger partial charge in [-0.05, 0) is 63.4 Å². The summed E-state index contributed by atoms with van der Waals surface area (Å²) in [6, 6.07) is 5.97. The van der Waals surface area contributed by atoms with Crippen LogP contribution in [0.1, 0.15) is 67.0 Å². The molecule has 0 saturated carbocycles. The van der Waals surface area contributed by atoms with Crippen molar-refractivity contribution in [3.63, 3.8) is 0 Å². The van der Waals surface area contributed by atoms with E-state index in [2.05, 4.69) is 50.9 Å². The van der Waals surface area contributed by atoms with Gasteiger partial charge in [-0.1, -0.05) is 6.92 Å². The predicted octanol–water partition coefficient (Wildman–Crippen LogP) is 4.26. The largest absolute Gasteiger partial charge is 0.296 e. The second-order valence-electron chi connectivity index (χ2n) is 8.11. The molecule has 1 fully saturated rings. The number of pyridine rings is 1. The lowest BCUT2D eigenvalue weighted by atomic mass is 9.83. The van der Waals surface area contributed by atoms with E-state index < -0.39 is 6.43 Å². The molecule has 0 aliphatic carbocycles. The normalized spacial score (nSPS) is 21.8. The van der Waals surface area contributed by atoms with Crippen LogP contribution in [0.25, 0.3) is 5.78 Å². The third kappa shape index (κ3) is 3.85. The topological polar surface area (TPSA) is 59.2 Å². The summed E-state index contributed by atoms with van der Waals surface area (Å²) >= 11 is 0. The van der Waals surface area contributed by atoms with Crippen molar-refractivity contribution in [2.75, 3.05) is 13.1 Å². The minimum absolute atomic E-state index is 0.0694. The number of aromatic nitrogens is 5. The molecular weight excluding hydrogens is 374 g/mol. The molecule has 0 N–H and O–H groups in total. The fourth-order valence-electron chi connectivity index (χ4n) is 4.38. The molecule has 6 nitrogen and oxygen atoms in total. The van der Waals surface area contributed by atoms with Gasteiger partial charge in [0.2, 0.25) is 0 Å². The van der Waals surface area contributed by atoms with Crippen LogP contribution >= 0.6 is 0 Å². The number of fused-ring (bicyclic) bond motifs is 1. The highest BCUT2D eigenvalue weighted by Crippen LogP contribution is 2.36. The van der Waals surface area contributed by atoms with E-state index in [0.717, 1.165) is 36.6 Å². The van der Waals surface area contributed by atoms with Crippen LogP contribution in [0.2, 0.25) is 0 Å². The lowest BCUT2D eigenvalue weighted by molar-refractivity contribution is 0.123. The van der Waals surface area contributed by atoms with E-state index in [1.165, 1.54) is 18.0 Å². The van der Waals surface area contributed by atoms with E-state index in [-0.39, 0.29) is 23.4 Å². The summed E-state index contributed by atoms with van der Waals surface area (Å²) in [5.74, 6) is 0.648. The van der Waals surface area contributed by atoms with E-state index >= 15 is 0 Å². The third-order valence-corrected chi connectivity index (χ3v) is 6.03. The Labute approximate surface area is 169 Å². The van der Waals surface area contributed by atoms with Gasteiger partial charge in [-0.2, -0.15) is 10.1 Å². The smallest absolute Gasteiger partial charge is 0.280 e. The van der Waals surface area contributed by atoms with E-state index in [4.69, 9.17) is 0 Å². The van der Waals surface area contributed by atoms with Gasteiger partial charge in [0.05, 0.1) is 5.69 Å². The minimum atomic E-state index is -2.63. The number of likely N-dealkylation sites (tertiary alicyclic amines) is 1. The van der Waals surface area contributed by atoms with Gasteiger partial charge < -0.3 is 0 Å². The van der Waals surface area contributed by atoms with Gasteiger partial charge in [0, 0.05) is 29.9 Å². The Bertz CT molecular complexity index is 997. The highest BCUT2D eigenvalue weighted by atomic mass is 19.3. The molecule has 0 aromatic carbocycles. The molecule has 0 amide bonds. The van der Waals surface area contributed by atoms with Crippen LogP contribution in [0, 0.1) is 19.8 Å². The highest BCUT2D eigenvalue weighted by molar-refractivity contribution is 5.33. The number of alkyl halides is 2. The lowest BCUT2D eigenvalue weighted by Gasteiger charge is -2.40. The second-order valence-corrected chi connectivity index (χ2v) is 8.11. The monoisotopic (exact) mass is 400 g/mol. The number of rotatable bonds is 4. The van der Waals surface area contributed by atoms with Crippen LogP contribution in [0.4, 0.5) is 8.78 Å². The van der Waals surface area contributed by atoms with Gasteiger partial charge in [-0.25, -0.2) is 18.3 Å². The Morgan fingerprint density at radius 2 is 1.83 bits per heavy atom. The van der Waals surface area contributed by atoms with Crippen molar-refractivity contribution in [2.24, 2.45) is 5.92 Å². The zero-order valence-corrected chi connectivity index (χ0v) is 17.2. The number of halogens is 2. The number of aryl methyl sites for hydroxylation is 2. The summed E-state index contributed by atoms with van der Waals surface area (Å²) in [5.41, 5.74) is 3.77. The van der Waals surface area contributed by atoms with Gasteiger partial charge in [0.1, 0.15) is 12.0 Å². The summed E-state index contributed by atoms with van der Waals surface area (Å²) < 4.78 is 28.4.